The van der Waals surface area contributed by atoms with Crippen LogP contribution in [0.25, 0.3) is 0 Å². The highest BCUT2D eigenvalue weighted by Gasteiger charge is 2.43. The van der Waals surface area contributed by atoms with Crippen molar-refractivity contribution < 1.29 is 14.7 Å². The number of amides is 1. The number of nitrogens with one attached hydrogen (secondary N) is 1. The van der Waals surface area contributed by atoms with Crippen LogP contribution in [0.3, 0.4) is 0 Å². The molecule has 0 heterocycles. The molecule has 2 rings (SSSR count). The summed E-state index contributed by atoms with van der Waals surface area (Å²) in [6.07, 6.45) is 7.79. The number of carboxylic acid groups (broad SMARTS) is 1. The van der Waals surface area contributed by atoms with Gasteiger partial charge in [-0.2, -0.15) is 0 Å². The van der Waals surface area contributed by atoms with E-state index in [1.807, 2.05) is 0 Å². The molecule has 2 aliphatic rings. The Kier molecular flexibility index (Phi) is 4.40. The monoisotopic (exact) mass is 281 g/mol. The van der Waals surface area contributed by atoms with Crippen molar-refractivity contribution in [3.05, 3.63) is 0 Å². The van der Waals surface area contributed by atoms with Crippen LogP contribution in [0.5, 0.6) is 0 Å². The summed E-state index contributed by atoms with van der Waals surface area (Å²) in [4.78, 5) is 23.8. The molecule has 2 N–H and O–H groups in total. The van der Waals surface area contributed by atoms with Crippen molar-refractivity contribution in [1.82, 2.24) is 5.32 Å². The summed E-state index contributed by atoms with van der Waals surface area (Å²) < 4.78 is 0. The smallest absolute Gasteiger partial charge is 0.310 e. The zero-order chi connectivity index (χ0) is 14.8. The molecule has 1 unspecified atom stereocenters. The first-order valence-electron chi connectivity index (χ1n) is 7.89. The maximum absolute atomic E-state index is 12.3. The highest BCUT2D eigenvalue weighted by molar-refractivity contribution is 5.85. The van der Waals surface area contributed by atoms with Gasteiger partial charge in [-0.3, -0.25) is 9.59 Å². The number of hydrogen-bond donors (Lipinski definition) is 2. The van der Waals surface area contributed by atoms with E-state index in [-0.39, 0.29) is 23.8 Å². The van der Waals surface area contributed by atoms with Gasteiger partial charge in [-0.15, -0.1) is 0 Å². The summed E-state index contributed by atoms with van der Waals surface area (Å²) in [5.74, 6) is -0.873. The Bertz CT molecular complexity index is 383. The van der Waals surface area contributed by atoms with E-state index in [0.717, 1.165) is 32.1 Å². The molecule has 4 nitrogen and oxygen atoms in total. The van der Waals surface area contributed by atoms with Gasteiger partial charge in [-0.25, -0.2) is 0 Å². The number of rotatable bonds is 4. The lowest BCUT2D eigenvalue weighted by molar-refractivity contribution is -0.151. The lowest BCUT2D eigenvalue weighted by Gasteiger charge is -2.39. The van der Waals surface area contributed by atoms with Crippen LogP contribution >= 0.6 is 0 Å². The first-order valence-corrected chi connectivity index (χ1v) is 7.89. The van der Waals surface area contributed by atoms with E-state index >= 15 is 0 Å². The molecule has 114 valence electrons. The van der Waals surface area contributed by atoms with Gasteiger partial charge in [0.25, 0.3) is 0 Å². The Morgan fingerprint density at radius 1 is 1.10 bits per heavy atom. The molecule has 2 saturated carbocycles. The molecular formula is C16H27NO3. The average molecular weight is 281 g/mol. The van der Waals surface area contributed by atoms with Crippen molar-refractivity contribution in [2.75, 3.05) is 0 Å². The molecule has 2 aliphatic carbocycles. The average Bonchev–Trinajstić information content (AvgIpc) is 2.81. The lowest BCUT2D eigenvalue weighted by Crippen LogP contribution is -2.48. The van der Waals surface area contributed by atoms with Crippen LogP contribution in [0.15, 0.2) is 0 Å². The fourth-order valence-corrected chi connectivity index (χ4v) is 3.83. The maximum atomic E-state index is 12.3. The summed E-state index contributed by atoms with van der Waals surface area (Å²) in [7, 11) is 0. The Morgan fingerprint density at radius 2 is 1.70 bits per heavy atom. The summed E-state index contributed by atoms with van der Waals surface area (Å²) in [6, 6.07) is 0.191. The quantitative estimate of drug-likeness (QED) is 0.832. The second kappa shape index (κ2) is 5.74. The molecule has 0 aromatic rings. The molecule has 0 aromatic carbocycles. The predicted molar refractivity (Wildman–Crippen MR) is 77.3 cm³/mol. The van der Waals surface area contributed by atoms with Crippen molar-refractivity contribution in [2.45, 2.75) is 77.7 Å². The van der Waals surface area contributed by atoms with E-state index in [4.69, 9.17) is 0 Å². The van der Waals surface area contributed by atoms with E-state index in [1.165, 1.54) is 6.42 Å². The molecule has 0 aliphatic heterocycles. The Morgan fingerprint density at radius 3 is 2.25 bits per heavy atom. The summed E-state index contributed by atoms with van der Waals surface area (Å²) in [5.41, 5.74) is -0.678. The van der Waals surface area contributed by atoms with Crippen LogP contribution in [0, 0.1) is 10.8 Å². The molecule has 4 heteroatoms. The minimum absolute atomic E-state index is 0.0747. The fourth-order valence-electron chi connectivity index (χ4n) is 3.83. The minimum atomic E-state index is -0.803. The highest BCUT2D eigenvalue weighted by atomic mass is 16.4. The van der Waals surface area contributed by atoms with Crippen LogP contribution in [0.1, 0.15) is 71.6 Å². The summed E-state index contributed by atoms with van der Waals surface area (Å²) in [6.45, 7) is 4.39. The van der Waals surface area contributed by atoms with Crippen LogP contribution in [0.4, 0.5) is 0 Å². The zero-order valence-electron chi connectivity index (χ0n) is 12.7. The predicted octanol–water partition coefficient (Wildman–Crippen LogP) is 3.11. The van der Waals surface area contributed by atoms with E-state index in [1.54, 1.807) is 0 Å². The lowest BCUT2D eigenvalue weighted by atomic mass is 9.73. The van der Waals surface area contributed by atoms with Crippen molar-refractivity contribution in [3.63, 3.8) is 0 Å². The normalized spacial score (nSPS) is 28.0. The first-order chi connectivity index (χ1) is 9.36. The van der Waals surface area contributed by atoms with Crippen LogP contribution in [0.2, 0.25) is 0 Å². The number of aliphatic carboxylic acids is 1. The Balaban J connectivity index is 1.96. The number of carbonyl (C=O) groups is 2. The third kappa shape index (κ3) is 3.15. The third-order valence-corrected chi connectivity index (χ3v) is 5.36. The zero-order valence-corrected chi connectivity index (χ0v) is 12.7. The SMILES string of the molecule is CC1(C)CCCCC1NC(=O)CC1(C(=O)O)CCCC1. The van der Waals surface area contributed by atoms with Gasteiger partial charge in [-0.1, -0.05) is 39.5 Å². The molecule has 1 amide bonds. The largest absolute Gasteiger partial charge is 0.481 e. The first kappa shape index (κ1) is 15.3. The second-order valence-corrected chi connectivity index (χ2v) is 7.32. The molecule has 2 fully saturated rings. The maximum Gasteiger partial charge on any atom is 0.310 e. The van der Waals surface area contributed by atoms with Gasteiger partial charge >= 0.3 is 5.97 Å². The van der Waals surface area contributed by atoms with E-state index in [2.05, 4.69) is 19.2 Å². The molecule has 0 bridgehead atoms. The highest BCUT2D eigenvalue weighted by Crippen LogP contribution is 2.42. The van der Waals surface area contributed by atoms with Crippen molar-refractivity contribution >= 4 is 11.9 Å². The van der Waals surface area contributed by atoms with Gasteiger partial charge < -0.3 is 10.4 Å². The third-order valence-electron chi connectivity index (χ3n) is 5.36. The van der Waals surface area contributed by atoms with Crippen molar-refractivity contribution in [1.29, 1.82) is 0 Å². The number of carbonyl (C=O) groups excluding carboxylic acids is 1. The molecule has 0 aromatic heterocycles. The molecule has 20 heavy (non-hydrogen) atoms. The number of hydrogen-bond acceptors (Lipinski definition) is 2. The summed E-state index contributed by atoms with van der Waals surface area (Å²) in [5, 5.41) is 12.6. The molecule has 0 radical (unpaired) electrons. The fraction of sp³-hybridized carbons (Fsp3) is 0.875. The standard InChI is InChI=1S/C16H27NO3/c1-15(2)8-4-3-7-12(15)17-13(18)11-16(14(19)20)9-5-6-10-16/h12H,3-11H2,1-2H3,(H,17,18)(H,19,20). The Hall–Kier alpha value is -1.06. The molecule has 0 saturated heterocycles. The minimum Gasteiger partial charge on any atom is -0.481 e. The summed E-state index contributed by atoms with van der Waals surface area (Å²) >= 11 is 0. The van der Waals surface area contributed by atoms with Gasteiger partial charge in [0, 0.05) is 12.5 Å². The van der Waals surface area contributed by atoms with E-state index in [9.17, 15) is 14.7 Å². The van der Waals surface area contributed by atoms with Crippen molar-refractivity contribution in [2.24, 2.45) is 10.8 Å². The van der Waals surface area contributed by atoms with E-state index in [0.29, 0.717) is 12.8 Å². The van der Waals surface area contributed by atoms with Gasteiger partial charge in [0.2, 0.25) is 5.91 Å². The number of carboxylic acids is 1. The molecular weight excluding hydrogens is 254 g/mol. The van der Waals surface area contributed by atoms with Crippen molar-refractivity contribution in [3.8, 4) is 0 Å². The van der Waals surface area contributed by atoms with Gasteiger partial charge in [0.1, 0.15) is 0 Å². The van der Waals surface area contributed by atoms with Crippen LogP contribution in [-0.2, 0) is 9.59 Å². The van der Waals surface area contributed by atoms with Gasteiger partial charge in [0.15, 0.2) is 0 Å². The molecule has 0 spiro atoms. The van der Waals surface area contributed by atoms with Crippen LogP contribution < -0.4 is 5.32 Å². The second-order valence-electron chi connectivity index (χ2n) is 7.32. The van der Waals surface area contributed by atoms with Crippen LogP contribution in [-0.4, -0.2) is 23.0 Å². The topological polar surface area (TPSA) is 66.4 Å². The molecule has 1 atom stereocenters. The van der Waals surface area contributed by atoms with Gasteiger partial charge in [-0.05, 0) is 31.1 Å². The van der Waals surface area contributed by atoms with E-state index < -0.39 is 11.4 Å². The Labute approximate surface area is 121 Å². The van der Waals surface area contributed by atoms with Gasteiger partial charge in [0.05, 0.1) is 5.41 Å².